The van der Waals surface area contributed by atoms with E-state index < -0.39 is 29.7 Å². The average molecular weight is 752 g/mol. The van der Waals surface area contributed by atoms with Crippen molar-refractivity contribution in [2.24, 2.45) is 5.41 Å². The van der Waals surface area contributed by atoms with E-state index in [1.54, 1.807) is 42.5 Å². The molecule has 8 rings (SSSR count). The van der Waals surface area contributed by atoms with Gasteiger partial charge in [0.15, 0.2) is 11.6 Å². The first-order chi connectivity index (χ1) is 26.6. The number of fused-ring (bicyclic) bond motifs is 1. The first-order valence-corrected chi connectivity index (χ1v) is 19.5. The summed E-state index contributed by atoms with van der Waals surface area (Å²) in [5.41, 5.74) is 8.36. The second kappa shape index (κ2) is 16.1. The Morgan fingerprint density at radius 1 is 0.909 bits per heavy atom. The van der Waals surface area contributed by atoms with Gasteiger partial charge in [-0.2, -0.15) is 0 Å². The van der Waals surface area contributed by atoms with Gasteiger partial charge in [0.05, 0.1) is 17.7 Å². The standard InChI is InChI=1S/C41H49N7O7/c42-36-32(22-29(46-47-36)26-12-8-9-15-31(26)49)55-21-19-40-23-41(24-40,25-40)45-34(51)16-7-5-3-1-2-4-6-10-20-43-28-14-11-13-27-35(28)39(54)48(38(27)53)30-17-18-33(50)44-37(30)52/h8-9,11-15,22,30,43,49H,1-7,10,16-21,23-25H2,(H2,42,47)(H,45,51)(H,44,50,52). The van der Waals surface area contributed by atoms with Crippen LogP contribution in [-0.4, -0.2) is 74.5 Å². The number of aromatic hydroxyl groups is 1. The average Bonchev–Trinajstić information content (AvgIpc) is 3.39. The SMILES string of the molecule is Nc1nnc(-c2ccccc2O)cc1OCCC12CC(NC(=O)CCCCCCCCCCNc3cccc4c3C(=O)N(C3CCC(=O)NC3=O)C4=O)(C1)C2. The number of phenolic OH excluding ortho intramolecular Hbond substituents is 1. The fraction of sp³-hybridized carbons (Fsp3) is 0.488. The number of imide groups is 2. The monoisotopic (exact) mass is 751 g/mol. The number of carbonyl (C=O) groups is 5. The van der Waals surface area contributed by atoms with Gasteiger partial charge in [-0.25, -0.2) is 0 Å². The quantitative estimate of drug-likeness (QED) is 0.0789. The third-order valence-corrected chi connectivity index (χ3v) is 11.5. The highest BCUT2D eigenvalue weighted by molar-refractivity contribution is 6.25. The topological polar surface area (TPSA) is 206 Å². The molecule has 2 aliphatic heterocycles. The van der Waals surface area contributed by atoms with Crippen LogP contribution in [0, 0.1) is 5.41 Å². The Kier molecular flexibility index (Phi) is 11.0. The van der Waals surface area contributed by atoms with E-state index in [1.807, 2.05) is 6.07 Å². The molecule has 1 unspecified atom stereocenters. The number of nitrogen functional groups attached to an aromatic ring is 1. The Labute approximate surface area is 320 Å². The van der Waals surface area contributed by atoms with E-state index in [1.165, 1.54) is 0 Å². The van der Waals surface area contributed by atoms with Gasteiger partial charge in [-0.1, -0.05) is 56.7 Å². The van der Waals surface area contributed by atoms with E-state index in [4.69, 9.17) is 10.5 Å². The molecule has 0 spiro atoms. The number of hydrogen-bond donors (Lipinski definition) is 5. The summed E-state index contributed by atoms with van der Waals surface area (Å²) in [6.45, 7) is 1.15. The number of carbonyl (C=O) groups excluding carboxylic acids is 5. The maximum absolute atomic E-state index is 13.3. The summed E-state index contributed by atoms with van der Waals surface area (Å²) < 4.78 is 5.99. The van der Waals surface area contributed by atoms with Crippen molar-refractivity contribution in [3.8, 4) is 22.8 Å². The largest absolute Gasteiger partial charge is 0.507 e. The van der Waals surface area contributed by atoms with Gasteiger partial charge >= 0.3 is 0 Å². The number of piperidine rings is 1. The van der Waals surface area contributed by atoms with Gasteiger partial charge in [-0.15, -0.1) is 10.2 Å². The van der Waals surface area contributed by atoms with E-state index >= 15 is 0 Å². The van der Waals surface area contributed by atoms with Crippen LogP contribution in [0.5, 0.6) is 11.5 Å². The molecule has 6 N–H and O–H groups in total. The first kappa shape index (κ1) is 37.8. The van der Waals surface area contributed by atoms with E-state index in [0.29, 0.717) is 42.3 Å². The van der Waals surface area contributed by atoms with E-state index in [0.717, 1.165) is 81.9 Å². The Balaban J connectivity index is 0.716. The number of para-hydroxylation sites is 1. The lowest BCUT2D eigenvalue weighted by atomic mass is 9.38. The molecule has 55 heavy (non-hydrogen) atoms. The second-order valence-corrected chi connectivity index (χ2v) is 15.6. The van der Waals surface area contributed by atoms with E-state index in [2.05, 4.69) is 26.1 Å². The van der Waals surface area contributed by atoms with Crippen LogP contribution in [-0.2, 0) is 14.4 Å². The van der Waals surface area contributed by atoms with Crippen LogP contribution in [0.3, 0.4) is 0 Å². The lowest BCUT2D eigenvalue weighted by molar-refractivity contribution is -0.171. The minimum atomic E-state index is -0.980. The van der Waals surface area contributed by atoms with Crippen LogP contribution in [0.15, 0.2) is 48.5 Å². The Bertz CT molecular complexity index is 1960. The zero-order valence-electron chi connectivity index (χ0n) is 31.0. The van der Waals surface area contributed by atoms with Gasteiger partial charge < -0.3 is 26.2 Å². The summed E-state index contributed by atoms with van der Waals surface area (Å²) in [6.07, 6.45) is 12.9. The highest BCUT2D eigenvalue weighted by Crippen LogP contribution is 2.69. The van der Waals surface area contributed by atoms with Gasteiger partial charge in [-0.3, -0.25) is 34.2 Å². The number of anilines is 2. The van der Waals surface area contributed by atoms with E-state index in [-0.39, 0.29) is 52.4 Å². The van der Waals surface area contributed by atoms with Crippen molar-refractivity contribution in [1.82, 2.24) is 25.7 Å². The van der Waals surface area contributed by atoms with Gasteiger partial charge in [0.2, 0.25) is 17.7 Å². The molecule has 3 saturated carbocycles. The molecule has 3 aliphatic carbocycles. The molecular weight excluding hydrogens is 702 g/mol. The van der Waals surface area contributed by atoms with Crippen LogP contribution in [0.2, 0.25) is 0 Å². The molecule has 1 atom stereocenters. The number of nitrogens with zero attached hydrogens (tertiary/aromatic N) is 3. The minimum Gasteiger partial charge on any atom is -0.507 e. The van der Waals surface area contributed by atoms with Crippen LogP contribution < -0.4 is 26.4 Å². The summed E-state index contributed by atoms with van der Waals surface area (Å²) in [4.78, 5) is 63.9. The lowest BCUT2D eigenvalue weighted by Gasteiger charge is -2.71. The number of nitrogens with two attached hydrogens (primary N) is 1. The smallest absolute Gasteiger partial charge is 0.264 e. The summed E-state index contributed by atoms with van der Waals surface area (Å²) >= 11 is 0. The third kappa shape index (κ3) is 8.13. The predicted octanol–water partition coefficient (Wildman–Crippen LogP) is 5.26. The Morgan fingerprint density at radius 2 is 1.62 bits per heavy atom. The molecule has 5 aliphatic rings. The molecule has 2 aromatic carbocycles. The zero-order chi connectivity index (χ0) is 38.6. The molecule has 1 saturated heterocycles. The van der Waals surface area contributed by atoms with Gasteiger partial charge in [0.1, 0.15) is 17.5 Å². The first-order valence-electron chi connectivity index (χ1n) is 19.5. The predicted molar refractivity (Wildman–Crippen MR) is 204 cm³/mol. The molecule has 3 aromatic rings. The number of phenols is 1. The lowest BCUT2D eigenvalue weighted by Crippen LogP contribution is -2.74. The van der Waals surface area contributed by atoms with Crippen molar-refractivity contribution >= 4 is 41.0 Å². The highest BCUT2D eigenvalue weighted by atomic mass is 16.5. The fourth-order valence-corrected chi connectivity index (χ4v) is 8.81. The van der Waals surface area contributed by atoms with Crippen molar-refractivity contribution in [1.29, 1.82) is 0 Å². The normalized spacial score (nSPS) is 22.4. The fourth-order valence-electron chi connectivity index (χ4n) is 8.81. The molecule has 290 valence electrons. The number of rotatable bonds is 19. The summed E-state index contributed by atoms with van der Waals surface area (Å²) in [7, 11) is 0. The van der Waals surface area contributed by atoms with Crippen molar-refractivity contribution in [2.45, 2.75) is 108 Å². The molecule has 4 fully saturated rings. The summed E-state index contributed by atoms with van der Waals surface area (Å²) in [5.74, 6) is -1.11. The highest BCUT2D eigenvalue weighted by Gasteiger charge is 2.67. The van der Waals surface area contributed by atoms with Crippen LogP contribution >= 0.6 is 0 Å². The molecule has 14 nitrogen and oxygen atoms in total. The molecular formula is C41H49N7O7. The summed E-state index contributed by atoms with van der Waals surface area (Å²) in [5, 5.41) is 27.1. The number of unbranched alkanes of at least 4 members (excludes halogenated alkanes) is 7. The number of benzene rings is 2. The molecule has 3 heterocycles. The molecule has 1 aromatic heterocycles. The van der Waals surface area contributed by atoms with Crippen molar-refractivity contribution in [2.75, 3.05) is 24.2 Å². The number of amides is 5. The van der Waals surface area contributed by atoms with Gasteiger partial charge in [-0.05, 0) is 74.6 Å². The number of aromatic nitrogens is 2. The van der Waals surface area contributed by atoms with Gasteiger partial charge in [0.25, 0.3) is 11.8 Å². The van der Waals surface area contributed by atoms with Crippen molar-refractivity contribution in [3.63, 3.8) is 0 Å². The second-order valence-electron chi connectivity index (χ2n) is 15.6. The van der Waals surface area contributed by atoms with E-state index in [9.17, 15) is 29.1 Å². The molecule has 14 heteroatoms. The third-order valence-electron chi connectivity index (χ3n) is 11.5. The molecule has 0 radical (unpaired) electrons. The maximum Gasteiger partial charge on any atom is 0.264 e. The number of hydrogen-bond acceptors (Lipinski definition) is 11. The minimum absolute atomic E-state index is 0.0507. The molecule has 2 bridgehead atoms. The molecule has 5 amide bonds. The van der Waals surface area contributed by atoms with Crippen molar-refractivity contribution < 1.29 is 33.8 Å². The summed E-state index contributed by atoms with van der Waals surface area (Å²) in [6, 6.07) is 12.7. The Hall–Kier alpha value is -5.53. The Morgan fingerprint density at radius 3 is 2.36 bits per heavy atom. The van der Waals surface area contributed by atoms with Crippen LogP contribution in [0.1, 0.15) is 117 Å². The maximum atomic E-state index is 13.3. The van der Waals surface area contributed by atoms with Crippen LogP contribution in [0.25, 0.3) is 11.3 Å². The number of nitrogens with one attached hydrogen (secondary N) is 3. The van der Waals surface area contributed by atoms with Crippen LogP contribution in [0.4, 0.5) is 11.5 Å². The van der Waals surface area contributed by atoms with Gasteiger partial charge in [0, 0.05) is 42.2 Å². The zero-order valence-corrected chi connectivity index (χ0v) is 31.0. The number of ether oxygens (including phenoxy) is 1. The van der Waals surface area contributed by atoms with Crippen molar-refractivity contribution in [3.05, 3.63) is 59.7 Å².